The van der Waals surface area contributed by atoms with Crippen molar-refractivity contribution in [3.8, 4) is 23.0 Å². The van der Waals surface area contributed by atoms with E-state index in [4.69, 9.17) is 23.9 Å². The Hall–Kier alpha value is -2.75. The number of amides is 1. The van der Waals surface area contributed by atoms with Gasteiger partial charge in [0.25, 0.3) is 5.91 Å². The van der Waals surface area contributed by atoms with Gasteiger partial charge in [-0.3, -0.25) is 9.69 Å². The van der Waals surface area contributed by atoms with E-state index in [0.717, 1.165) is 29.9 Å². The van der Waals surface area contributed by atoms with Crippen molar-refractivity contribution >= 4 is 45.0 Å². The van der Waals surface area contributed by atoms with E-state index in [1.54, 1.807) is 4.90 Å². The van der Waals surface area contributed by atoms with Gasteiger partial charge in [-0.05, 0) is 25.2 Å². The van der Waals surface area contributed by atoms with Gasteiger partial charge in [0, 0.05) is 25.2 Å². The Balaban J connectivity index is 0.00000259. The largest absolute Gasteiger partial charge is 0.485 e. The number of halogens is 1. The van der Waals surface area contributed by atoms with Gasteiger partial charge in [-0.2, -0.15) is 0 Å². The molecule has 0 N–H and O–H groups in total. The highest BCUT2D eigenvalue weighted by Gasteiger charge is 2.33. The van der Waals surface area contributed by atoms with Crippen molar-refractivity contribution in [2.75, 3.05) is 44.5 Å². The lowest BCUT2D eigenvalue weighted by atomic mass is 10.2. The number of hydrogen-bond acceptors (Lipinski definition) is 8. The first-order valence-corrected chi connectivity index (χ1v) is 11.6. The van der Waals surface area contributed by atoms with Crippen LogP contribution in [0.1, 0.15) is 13.8 Å². The molecule has 3 aromatic rings. The van der Waals surface area contributed by atoms with Crippen LogP contribution < -0.4 is 23.8 Å². The minimum absolute atomic E-state index is 0. The van der Waals surface area contributed by atoms with Gasteiger partial charge in [-0.1, -0.05) is 37.3 Å². The van der Waals surface area contributed by atoms with E-state index in [9.17, 15) is 4.79 Å². The van der Waals surface area contributed by atoms with Gasteiger partial charge >= 0.3 is 0 Å². The standard InChI is InChI=1S/C23H25N3O5S.ClH/c1-3-25(4-2)9-10-26(22(27)20-13-28-16-7-5-6-8-17(16)31-20)23-24-15-11-18-19(30-14-29-18)12-21(15)32-23;/h5-8,11-12,20H,3-4,9-10,13-14H2,1-2H3;1H. The number of nitrogens with zero attached hydrogens (tertiary/aromatic N) is 3. The molecule has 176 valence electrons. The average molecular weight is 492 g/mol. The van der Waals surface area contributed by atoms with Crippen molar-refractivity contribution in [1.82, 2.24) is 9.88 Å². The molecule has 1 atom stereocenters. The Kier molecular flexibility index (Phi) is 7.11. The first kappa shape index (κ1) is 23.4. The highest BCUT2D eigenvalue weighted by molar-refractivity contribution is 7.22. The molecule has 0 fully saturated rings. The number of hydrogen-bond donors (Lipinski definition) is 0. The third-order valence-electron chi connectivity index (χ3n) is 5.69. The molecule has 1 amide bonds. The van der Waals surface area contributed by atoms with E-state index < -0.39 is 6.10 Å². The fraction of sp³-hybridized carbons (Fsp3) is 0.391. The molecular formula is C23H26ClN3O5S. The van der Waals surface area contributed by atoms with Gasteiger partial charge in [0.15, 0.2) is 28.1 Å². The topological polar surface area (TPSA) is 73.4 Å². The Labute approximate surface area is 202 Å². The SMILES string of the molecule is CCN(CC)CCN(C(=O)C1COc2ccccc2O1)c1nc2cc3c(cc2s1)OCO3.Cl. The zero-order valence-electron chi connectivity index (χ0n) is 18.5. The molecule has 0 saturated carbocycles. The lowest BCUT2D eigenvalue weighted by molar-refractivity contribution is -0.127. The first-order valence-electron chi connectivity index (χ1n) is 10.8. The van der Waals surface area contributed by atoms with Crippen LogP contribution in [0.2, 0.25) is 0 Å². The number of anilines is 1. The number of rotatable bonds is 7. The minimum atomic E-state index is -0.731. The van der Waals surface area contributed by atoms with E-state index in [-0.39, 0.29) is 31.7 Å². The Morgan fingerprint density at radius 2 is 1.76 bits per heavy atom. The van der Waals surface area contributed by atoms with Crippen LogP contribution in [0.5, 0.6) is 23.0 Å². The summed E-state index contributed by atoms with van der Waals surface area (Å²) in [5.74, 6) is 2.45. The third-order valence-corrected chi connectivity index (χ3v) is 6.73. The van der Waals surface area contributed by atoms with Gasteiger partial charge in [-0.15, -0.1) is 12.4 Å². The maximum atomic E-state index is 13.6. The number of thiazole rings is 1. The van der Waals surface area contributed by atoms with Gasteiger partial charge in [-0.25, -0.2) is 4.98 Å². The Bertz CT molecular complexity index is 1100. The monoisotopic (exact) mass is 491 g/mol. The smallest absolute Gasteiger partial charge is 0.273 e. The second-order valence-corrected chi connectivity index (χ2v) is 8.56. The fourth-order valence-electron chi connectivity index (χ4n) is 3.82. The predicted octanol–water partition coefficient (Wildman–Crippen LogP) is 3.96. The molecule has 1 unspecified atom stereocenters. The summed E-state index contributed by atoms with van der Waals surface area (Å²) in [6.45, 7) is 7.68. The number of fused-ring (bicyclic) bond motifs is 3. The molecular weight excluding hydrogens is 466 g/mol. The number of aromatic nitrogens is 1. The molecule has 2 aliphatic heterocycles. The first-order chi connectivity index (χ1) is 15.7. The molecule has 8 nitrogen and oxygen atoms in total. The van der Waals surface area contributed by atoms with Crippen molar-refractivity contribution in [3.05, 3.63) is 36.4 Å². The van der Waals surface area contributed by atoms with E-state index in [2.05, 4.69) is 18.7 Å². The van der Waals surface area contributed by atoms with E-state index >= 15 is 0 Å². The van der Waals surface area contributed by atoms with Gasteiger partial charge in [0.2, 0.25) is 12.9 Å². The summed E-state index contributed by atoms with van der Waals surface area (Å²) in [5, 5.41) is 0.628. The Morgan fingerprint density at radius 1 is 1.03 bits per heavy atom. The van der Waals surface area contributed by atoms with E-state index in [0.29, 0.717) is 34.7 Å². The van der Waals surface area contributed by atoms with Crippen LogP contribution in [-0.4, -0.2) is 61.5 Å². The number of carbonyl (C=O) groups excluding carboxylic acids is 1. The van der Waals surface area contributed by atoms with Crippen molar-refractivity contribution in [2.45, 2.75) is 20.0 Å². The highest BCUT2D eigenvalue weighted by Crippen LogP contribution is 2.40. The second kappa shape index (κ2) is 10.0. The predicted molar refractivity (Wildman–Crippen MR) is 129 cm³/mol. The second-order valence-electron chi connectivity index (χ2n) is 7.55. The summed E-state index contributed by atoms with van der Waals surface area (Å²) in [5.41, 5.74) is 0.779. The molecule has 2 aliphatic rings. The van der Waals surface area contributed by atoms with Crippen LogP contribution in [-0.2, 0) is 4.79 Å². The maximum absolute atomic E-state index is 13.6. The number of likely N-dealkylation sites (N-methyl/N-ethyl adjacent to an activating group) is 1. The molecule has 2 aromatic carbocycles. The summed E-state index contributed by atoms with van der Waals surface area (Å²) in [6.07, 6.45) is -0.731. The lowest BCUT2D eigenvalue weighted by Crippen LogP contribution is -2.48. The van der Waals surface area contributed by atoms with Crippen LogP contribution in [0, 0.1) is 0 Å². The number of para-hydroxylation sites is 2. The van der Waals surface area contributed by atoms with E-state index in [1.165, 1.54) is 11.3 Å². The highest BCUT2D eigenvalue weighted by atomic mass is 35.5. The minimum Gasteiger partial charge on any atom is -0.485 e. The molecule has 10 heteroatoms. The molecule has 5 rings (SSSR count). The molecule has 3 heterocycles. The normalized spacial score (nSPS) is 16.0. The van der Waals surface area contributed by atoms with Gasteiger partial charge < -0.3 is 23.8 Å². The third kappa shape index (κ3) is 4.66. The molecule has 0 aliphatic carbocycles. The summed E-state index contributed by atoms with van der Waals surface area (Å²) < 4.78 is 23.7. The van der Waals surface area contributed by atoms with E-state index in [1.807, 2.05) is 36.4 Å². The number of benzene rings is 2. The van der Waals surface area contributed by atoms with Crippen LogP contribution in [0.15, 0.2) is 36.4 Å². The van der Waals surface area contributed by atoms with Gasteiger partial charge in [0.1, 0.15) is 6.61 Å². The number of ether oxygens (including phenoxy) is 4. The maximum Gasteiger partial charge on any atom is 0.273 e. The van der Waals surface area contributed by atoms with Crippen molar-refractivity contribution in [3.63, 3.8) is 0 Å². The van der Waals surface area contributed by atoms with Crippen molar-refractivity contribution in [2.24, 2.45) is 0 Å². The summed E-state index contributed by atoms with van der Waals surface area (Å²) in [7, 11) is 0. The van der Waals surface area contributed by atoms with Crippen LogP contribution in [0.25, 0.3) is 10.2 Å². The van der Waals surface area contributed by atoms with Crippen LogP contribution in [0.4, 0.5) is 5.13 Å². The summed E-state index contributed by atoms with van der Waals surface area (Å²) >= 11 is 1.46. The molecule has 0 bridgehead atoms. The lowest BCUT2D eigenvalue weighted by Gasteiger charge is -2.30. The average Bonchev–Trinajstić information content (AvgIpc) is 3.45. The van der Waals surface area contributed by atoms with Gasteiger partial charge in [0.05, 0.1) is 10.2 Å². The fourth-order valence-corrected chi connectivity index (χ4v) is 4.83. The molecule has 0 radical (unpaired) electrons. The Morgan fingerprint density at radius 3 is 2.52 bits per heavy atom. The molecule has 0 saturated heterocycles. The zero-order chi connectivity index (χ0) is 22.1. The quantitative estimate of drug-likeness (QED) is 0.495. The zero-order valence-corrected chi connectivity index (χ0v) is 20.1. The van der Waals surface area contributed by atoms with Crippen LogP contribution >= 0.6 is 23.7 Å². The number of carbonyl (C=O) groups is 1. The van der Waals surface area contributed by atoms with Crippen molar-refractivity contribution in [1.29, 1.82) is 0 Å². The molecule has 1 aromatic heterocycles. The molecule has 0 spiro atoms. The summed E-state index contributed by atoms with van der Waals surface area (Å²) in [6, 6.07) is 11.2. The summed E-state index contributed by atoms with van der Waals surface area (Å²) in [4.78, 5) is 22.3. The van der Waals surface area contributed by atoms with Crippen molar-refractivity contribution < 1.29 is 23.7 Å². The van der Waals surface area contributed by atoms with Crippen LogP contribution in [0.3, 0.4) is 0 Å². The molecule has 33 heavy (non-hydrogen) atoms.